The third-order valence-electron chi connectivity index (χ3n) is 4.03. The zero-order chi connectivity index (χ0) is 13.0. The fourth-order valence-electron chi connectivity index (χ4n) is 2.88. The van der Waals surface area contributed by atoms with Gasteiger partial charge < -0.3 is 9.94 Å². The van der Waals surface area contributed by atoms with Crippen molar-refractivity contribution in [2.75, 3.05) is 7.11 Å². The molecule has 3 nitrogen and oxygen atoms in total. The summed E-state index contributed by atoms with van der Waals surface area (Å²) in [5, 5.41) is 8.80. The summed E-state index contributed by atoms with van der Waals surface area (Å²) in [6.07, 6.45) is 5.09. The maximum absolute atomic E-state index is 8.80. The molecule has 2 rings (SSSR count). The van der Waals surface area contributed by atoms with Gasteiger partial charge in [-0.05, 0) is 41.9 Å². The van der Waals surface area contributed by atoms with Gasteiger partial charge in [0.05, 0.1) is 7.11 Å². The van der Waals surface area contributed by atoms with E-state index >= 15 is 0 Å². The minimum Gasteiger partial charge on any atom is -0.496 e. The Balaban J connectivity index is 2.20. The van der Waals surface area contributed by atoms with Gasteiger partial charge in [0.2, 0.25) is 0 Å². The normalized spacial score (nSPS) is 23.9. The van der Waals surface area contributed by atoms with Gasteiger partial charge in [-0.1, -0.05) is 31.9 Å². The Morgan fingerprint density at radius 2 is 2.00 bits per heavy atom. The van der Waals surface area contributed by atoms with Crippen molar-refractivity contribution in [3.63, 3.8) is 0 Å². The molecule has 3 heteroatoms. The topological polar surface area (TPSA) is 41.5 Å². The quantitative estimate of drug-likeness (QED) is 0.803. The number of hydroxylamine groups is 1. The van der Waals surface area contributed by atoms with Crippen LogP contribution in [0.25, 0.3) is 0 Å². The fraction of sp³-hybridized carbons (Fsp3) is 0.600. The van der Waals surface area contributed by atoms with Crippen LogP contribution in [-0.4, -0.2) is 12.3 Å². The molecule has 0 atom stereocenters. The van der Waals surface area contributed by atoms with Crippen molar-refractivity contribution in [2.24, 2.45) is 5.92 Å². The van der Waals surface area contributed by atoms with E-state index in [2.05, 4.69) is 18.5 Å². The average molecular weight is 249 g/mol. The third-order valence-corrected chi connectivity index (χ3v) is 4.03. The lowest BCUT2D eigenvalue weighted by Gasteiger charge is -2.28. The fourth-order valence-corrected chi connectivity index (χ4v) is 2.88. The van der Waals surface area contributed by atoms with Crippen LogP contribution in [-0.2, 0) is 6.54 Å². The van der Waals surface area contributed by atoms with Gasteiger partial charge in [0, 0.05) is 6.54 Å². The first kappa shape index (κ1) is 13.4. The molecular formula is C15H23NO2. The maximum atomic E-state index is 8.80. The maximum Gasteiger partial charge on any atom is 0.122 e. The number of nitrogens with one attached hydrogen (secondary N) is 1. The van der Waals surface area contributed by atoms with Crippen LogP contribution < -0.4 is 10.2 Å². The van der Waals surface area contributed by atoms with Crippen LogP contribution in [0.2, 0.25) is 0 Å². The van der Waals surface area contributed by atoms with Crippen LogP contribution in [0.5, 0.6) is 5.75 Å². The first-order chi connectivity index (χ1) is 8.74. The van der Waals surface area contributed by atoms with E-state index in [1.165, 1.54) is 31.2 Å². The van der Waals surface area contributed by atoms with Gasteiger partial charge in [-0.15, -0.1) is 0 Å². The molecule has 100 valence electrons. The molecule has 0 radical (unpaired) electrons. The molecule has 1 aliphatic rings. The van der Waals surface area contributed by atoms with Crippen molar-refractivity contribution in [1.82, 2.24) is 5.48 Å². The number of methoxy groups -OCH3 is 1. The summed E-state index contributed by atoms with van der Waals surface area (Å²) in [6.45, 7) is 2.82. The van der Waals surface area contributed by atoms with E-state index in [1.807, 2.05) is 12.1 Å². The van der Waals surface area contributed by atoms with E-state index < -0.39 is 0 Å². The Hall–Kier alpha value is -1.06. The summed E-state index contributed by atoms with van der Waals surface area (Å²) in [7, 11) is 1.73. The van der Waals surface area contributed by atoms with Crippen molar-refractivity contribution in [1.29, 1.82) is 0 Å². The van der Waals surface area contributed by atoms with Crippen molar-refractivity contribution in [2.45, 2.75) is 45.1 Å². The molecule has 18 heavy (non-hydrogen) atoms. The van der Waals surface area contributed by atoms with E-state index in [4.69, 9.17) is 9.94 Å². The Morgan fingerprint density at radius 3 is 2.61 bits per heavy atom. The van der Waals surface area contributed by atoms with Gasteiger partial charge in [-0.2, -0.15) is 0 Å². The molecule has 1 saturated carbocycles. The second-order valence-electron chi connectivity index (χ2n) is 5.37. The van der Waals surface area contributed by atoms with Crippen molar-refractivity contribution in [3.05, 3.63) is 29.3 Å². The lowest BCUT2D eigenvalue weighted by molar-refractivity contribution is 0.161. The smallest absolute Gasteiger partial charge is 0.122 e. The van der Waals surface area contributed by atoms with E-state index in [0.717, 1.165) is 17.2 Å². The molecule has 0 unspecified atom stereocenters. The molecule has 0 spiro atoms. The van der Waals surface area contributed by atoms with Gasteiger partial charge in [0.25, 0.3) is 0 Å². The molecular weight excluding hydrogens is 226 g/mol. The summed E-state index contributed by atoms with van der Waals surface area (Å²) in [5.41, 5.74) is 4.62. The highest BCUT2D eigenvalue weighted by Crippen LogP contribution is 2.39. The van der Waals surface area contributed by atoms with E-state index in [9.17, 15) is 0 Å². The summed E-state index contributed by atoms with van der Waals surface area (Å²) in [5.74, 6) is 2.44. The van der Waals surface area contributed by atoms with E-state index in [0.29, 0.717) is 12.5 Å². The largest absolute Gasteiger partial charge is 0.496 e. The molecule has 0 amide bonds. The monoisotopic (exact) mass is 249 g/mol. The predicted molar refractivity (Wildman–Crippen MR) is 72.0 cm³/mol. The zero-order valence-corrected chi connectivity index (χ0v) is 11.3. The van der Waals surface area contributed by atoms with Gasteiger partial charge >= 0.3 is 0 Å². The van der Waals surface area contributed by atoms with Crippen molar-refractivity contribution in [3.8, 4) is 5.75 Å². The molecule has 0 heterocycles. The van der Waals surface area contributed by atoms with Gasteiger partial charge in [0.1, 0.15) is 5.75 Å². The molecule has 1 aromatic rings. The first-order valence-corrected chi connectivity index (χ1v) is 6.78. The number of benzene rings is 1. The summed E-state index contributed by atoms with van der Waals surface area (Å²) < 4.78 is 5.48. The van der Waals surface area contributed by atoms with Crippen LogP contribution in [0.15, 0.2) is 18.2 Å². The zero-order valence-electron chi connectivity index (χ0n) is 11.3. The predicted octanol–water partition coefficient (Wildman–Crippen LogP) is 3.47. The third kappa shape index (κ3) is 3.03. The van der Waals surface area contributed by atoms with Crippen LogP contribution in [0, 0.1) is 5.92 Å². The van der Waals surface area contributed by atoms with Gasteiger partial charge in [-0.3, -0.25) is 0 Å². The molecule has 0 saturated heterocycles. The Labute approximate surface area is 109 Å². The van der Waals surface area contributed by atoms with Crippen molar-refractivity contribution >= 4 is 0 Å². The molecule has 1 aliphatic carbocycles. The van der Waals surface area contributed by atoms with Crippen LogP contribution >= 0.6 is 0 Å². The van der Waals surface area contributed by atoms with Gasteiger partial charge in [0.15, 0.2) is 0 Å². The standard InChI is InChI=1S/C15H23NO2/c1-11-3-6-13(7-4-11)14-9-12(10-16-17)5-8-15(14)18-2/h5,8-9,11,13,16-17H,3-4,6-7,10H2,1-2H3. The minimum atomic E-state index is 0.486. The molecule has 0 aromatic heterocycles. The molecule has 1 fully saturated rings. The number of hydrogen-bond acceptors (Lipinski definition) is 3. The SMILES string of the molecule is COc1ccc(CNO)cc1C1CCC(C)CC1. The lowest BCUT2D eigenvalue weighted by Crippen LogP contribution is -2.13. The molecule has 1 aromatic carbocycles. The van der Waals surface area contributed by atoms with Gasteiger partial charge in [-0.25, -0.2) is 5.48 Å². The number of rotatable bonds is 4. The lowest BCUT2D eigenvalue weighted by atomic mass is 9.79. The molecule has 0 bridgehead atoms. The summed E-state index contributed by atoms with van der Waals surface area (Å²) >= 11 is 0. The first-order valence-electron chi connectivity index (χ1n) is 6.78. The molecule has 0 aliphatic heterocycles. The highest BCUT2D eigenvalue weighted by Gasteiger charge is 2.22. The van der Waals surface area contributed by atoms with Crippen LogP contribution in [0.4, 0.5) is 0 Å². The average Bonchev–Trinajstić information content (AvgIpc) is 2.40. The Bertz CT molecular complexity index is 384. The second-order valence-corrected chi connectivity index (χ2v) is 5.37. The van der Waals surface area contributed by atoms with E-state index in [-0.39, 0.29) is 0 Å². The minimum absolute atomic E-state index is 0.486. The number of hydrogen-bond donors (Lipinski definition) is 2. The second kappa shape index (κ2) is 6.21. The van der Waals surface area contributed by atoms with Crippen molar-refractivity contribution < 1.29 is 9.94 Å². The van der Waals surface area contributed by atoms with Crippen LogP contribution in [0.3, 0.4) is 0 Å². The van der Waals surface area contributed by atoms with Crippen LogP contribution in [0.1, 0.15) is 49.7 Å². The van der Waals surface area contributed by atoms with E-state index in [1.54, 1.807) is 7.11 Å². The molecule has 2 N–H and O–H groups in total. The summed E-state index contributed by atoms with van der Waals surface area (Å²) in [6, 6.07) is 6.18. The highest BCUT2D eigenvalue weighted by atomic mass is 16.5. The summed E-state index contributed by atoms with van der Waals surface area (Å²) in [4.78, 5) is 0. The highest BCUT2D eigenvalue weighted by molar-refractivity contribution is 5.40. The Kier molecular flexibility index (Phi) is 4.61. The Morgan fingerprint density at radius 1 is 1.28 bits per heavy atom. The number of ether oxygens (including phenoxy) is 1.